The molecule has 3 rings (SSSR count). The van der Waals surface area contributed by atoms with Crippen molar-refractivity contribution in [2.45, 2.75) is 13.5 Å². The minimum absolute atomic E-state index is 0.262. The SMILES string of the molecule is Cc1cc(CNC(=O)c2n[nH]nc2-c2ccccc2)ccn1. The third-order valence-electron chi connectivity index (χ3n) is 3.22. The second-order valence-corrected chi connectivity index (χ2v) is 4.87. The summed E-state index contributed by atoms with van der Waals surface area (Å²) in [6.45, 7) is 2.33. The molecule has 0 unspecified atom stereocenters. The first kappa shape index (κ1) is 13.9. The summed E-state index contributed by atoms with van der Waals surface area (Å²) >= 11 is 0. The zero-order valence-electron chi connectivity index (χ0n) is 12.1. The minimum atomic E-state index is -0.262. The van der Waals surface area contributed by atoms with Crippen molar-refractivity contribution < 1.29 is 4.79 Å². The molecule has 2 heterocycles. The Morgan fingerprint density at radius 3 is 2.77 bits per heavy atom. The normalized spacial score (nSPS) is 10.4. The Morgan fingerprint density at radius 2 is 2.00 bits per heavy atom. The molecule has 0 fully saturated rings. The van der Waals surface area contributed by atoms with Crippen molar-refractivity contribution in [3.63, 3.8) is 0 Å². The first-order valence-electron chi connectivity index (χ1n) is 6.90. The number of carbonyl (C=O) groups excluding carboxylic acids is 1. The van der Waals surface area contributed by atoms with Gasteiger partial charge in [-0.3, -0.25) is 9.78 Å². The van der Waals surface area contributed by atoms with Crippen LogP contribution in [0.4, 0.5) is 0 Å². The number of benzene rings is 1. The van der Waals surface area contributed by atoms with Gasteiger partial charge in [-0.15, -0.1) is 0 Å². The van der Waals surface area contributed by atoms with E-state index in [1.807, 2.05) is 49.4 Å². The lowest BCUT2D eigenvalue weighted by Gasteiger charge is -2.05. The highest BCUT2D eigenvalue weighted by Gasteiger charge is 2.17. The Balaban J connectivity index is 1.75. The lowest BCUT2D eigenvalue weighted by Crippen LogP contribution is -2.24. The molecule has 0 aliphatic rings. The molecule has 3 aromatic rings. The fourth-order valence-corrected chi connectivity index (χ4v) is 2.17. The van der Waals surface area contributed by atoms with Crippen molar-refractivity contribution in [3.05, 3.63) is 65.6 Å². The molecule has 1 amide bonds. The topological polar surface area (TPSA) is 83.6 Å². The number of hydrogen-bond acceptors (Lipinski definition) is 4. The number of nitrogens with zero attached hydrogens (tertiary/aromatic N) is 3. The van der Waals surface area contributed by atoms with Crippen LogP contribution in [0.2, 0.25) is 0 Å². The summed E-state index contributed by atoms with van der Waals surface area (Å²) in [6, 6.07) is 13.3. The van der Waals surface area contributed by atoms with Gasteiger partial charge in [-0.25, -0.2) is 0 Å². The van der Waals surface area contributed by atoms with Crippen molar-refractivity contribution in [1.29, 1.82) is 0 Å². The number of pyridine rings is 1. The second kappa shape index (κ2) is 6.17. The largest absolute Gasteiger partial charge is 0.346 e. The maximum absolute atomic E-state index is 12.3. The number of carbonyl (C=O) groups is 1. The summed E-state index contributed by atoms with van der Waals surface area (Å²) in [5, 5.41) is 13.4. The van der Waals surface area contributed by atoms with Crippen molar-refractivity contribution in [1.82, 2.24) is 25.7 Å². The minimum Gasteiger partial charge on any atom is -0.346 e. The Kier molecular flexibility index (Phi) is 3.91. The fraction of sp³-hybridized carbons (Fsp3) is 0.125. The van der Waals surface area contributed by atoms with Gasteiger partial charge in [0.05, 0.1) is 0 Å². The zero-order valence-corrected chi connectivity index (χ0v) is 12.1. The molecular formula is C16H15N5O. The molecule has 6 nitrogen and oxygen atoms in total. The van der Waals surface area contributed by atoms with E-state index in [1.165, 1.54) is 0 Å². The van der Waals surface area contributed by atoms with Gasteiger partial charge >= 0.3 is 0 Å². The van der Waals surface area contributed by atoms with E-state index in [2.05, 4.69) is 25.7 Å². The molecule has 0 aliphatic heterocycles. The van der Waals surface area contributed by atoms with Crippen LogP contribution < -0.4 is 5.32 Å². The lowest BCUT2D eigenvalue weighted by atomic mass is 10.1. The molecule has 0 atom stereocenters. The molecule has 0 radical (unpaired) electrons. The van der Waals surface area contributed by atoms with Crippen molar-refractivity contribution in [2.24, 2.45) is 0 Å². The van der Waals surface area contributed by atoms with Crippen LogP contribution >= 0.6 is 0 Å². The van der Waals surface area contributed by atoms with Gasteiger partial charge in [-0.2, -0.15) is 15.4 Å². The van der Waals surface area contributed by atoms with E-state index in [-0.39, 0.29) is 11.6 Å². The van der Waals surface area contributed by atoms with E-state index in [9.17, 15) is 4.79 Å². The highest BCUT2D eigenvalue weighted by molar-refractivity contribution is 5.97. The fourth-order valence-electron chi connectivity index (χ4n) is 2.17. The molecule has 0 saturated carbocycles. The van der Waals surface area contributed by atoms with Crippen LogP contribution in [0.15, 0.2) is 48.7 Å². The number of aromatic nitrogens is 4. The maximum atomic E-state index is 12.3. The van der Waals surface area contributed by atoms with E-state index in [1.54, 1.807) is 6.20 Å². The Morgan fingerprint density at radius 1 is 1.18 bits per heavy atom. The number of H-pyrrole nitrogens is 1. The molecule has 0 saturated heterocycles. The monoisotopic (exact) mass is 293 g/mol. The van der Waals surface area contributed by atoms with Gasteiger partial charge in [-0.1, -0.05) is 30.3 Å². The van der Waals surface area contributed by atoms with Crippen LogP contribution in [-0.4, -0.2) is 26.3 Å². The van der Waals surface area contributed by atoms with Crippen LogP contribution in [-0.2, 0) is 6.54 Å². The number of aryl methyl sites for hydroxylation is 1. The average Bonchev–Trinajstić information content (AvgIpc) is 3.03. The van der Waals surface area contributed by atoms with Crippen molar-refractivity contribution in [2.75, 3.05) is 0 Å². The van der Waals surface area contributed by atoms with Crippen molar-refractivity contribution >= 4 is 5.91 Å². The van der Waals surface area contributed by atoms with E-state index in [0.29, 0.717) is 12.2 Å². The van der Waals surface area contributed by atoms with Gasteiger partial charge in [0, 0.05) is 24.0 Å². The van der Waals surface area contributed by atoms with Crippen LogP contribution in [0, 0.1) is 6.92 Å². The van der Waals surface area contributed by atoms with Gasteiger partial charge in [0.1, 0.15) is 5.69 Å². The first-order valence-corrected chi connectivity index (χ1v) is 6.90. The molecule has 0 aliphatic carbocycles. The smallest absolute Gasteiger partial charge is 0.274 e. The van der Waals surface area contributed by atoms with Gasteiger partial charge < -0.3 is 5.32 Å². The predicted octanol–water partition coefficient (Wildman–Crippen LogP) is 2.11. The van der Waals surface area contributed by atoms with Crippen molar-refractivity contribution in [3.8, 4) is 11.3 Å². The maximum Gasteiger partial charge on any atom is 0.274 e. The molecule has 1 aromatic carbocycles. The number of amides is 1. The van der Waals surface area contributed by atoms with Crippen LogP contribution in [0.5, 0.6) is 0 Å². The highest BCUT2D eigenvalue weighted by atomic mass is 16.2. The number of aromatic amines is 1. The van der Waals surface area contributed by atoms with Gasteiger partial charge in [-0.05, 0) is 24.6 Å². The molecule has 2 N–H and O–H groups in total. The first-order chi connectivity index (χ1) is 10.7. The zero-order chi connectivity index (χ0) is 15.4. The van der Waals surface area contributed by atoms with Crippen LogP contribution in [0.3, 0.4) is 0 Å². The summed E-state index contributed by atoms with van der Waals surface area (Å²) < 4.78 is 0. The molecule has 0 bridgehead atoms. The van der Waals surface area contributed by atoms with E-state index in [4.69, 9.17) is 0 Å². The molecule has 2 aromatic heterocycles. The van der Waals surface area contributed by atoms with Crippen LogP contribution in [0.1, 0.15) is 21.7 Å². The molecule has 6 heteroatoms. The lowest BCUT2D eigenvalue weighted by molar-refractivity contribution is 0.0946. The summed E-state index contributed by atoms with van der Waals surface area (Å²) in [4.78, 5) is 16.4. The predicted molar refractivity (Wildman–Crippen MR) is 82.0 cm³/mol. The average molecular weight is 293 g/mol. The summed E-state index contributed by atoms with van der Waals surface area (Å²) in [6.07, 6.45) is 1.72. The van der Waals surface area contributed by atoms with Gasteiger partial charge in [0.25, 0.3) is 5.91 Å². The Labute approximate surface area is 127 Å². The Bertz CT molecular complexity index is 782. The molecule has 0 spiro atoms. The number of nitrogens with one attached hydrogen (secondary N) is 2. The summed E-state index contributed by atoms with van der Waals surface area (Å²) in [5.41, 5.74) is 3.59. The van der Waals surface area contributed by atoms with Gasteiger partial charge in [0.2, 0.25) is 0 Å². The molecule has 22 heavy (non-hydrogen) atoms. The van der Waals surface area contributed by atoms with E-state index in [0.717, 1.165) is 16.8 Å². The quantitative estimate of drug-likeness (QED) is 0.771. The van der Waals surface area contributed by atoms with Crippen LogP contribution in [0.25, 0.3) is 11.3 Å². The highest BCUT2D eigenvalue weighted by Crippen LogP contribution is 2.18. The second-order valence-electron chi connectivity index (χ2n) is 4.87. The summed E-state index contributed by atoms with van der Waals surface area (Å²) in [7, 11) is 0. The third-order valence-corrected chi connectivity index (χ3v) is 3.22. The molecular weight excluding hydrogens is 278 g/mol. The third kappa shape index (κ3) is 3.01. The number of hydrogen-bond donors (Lipinski definition) is 2. The van der Waals surface area contributed by atoms with Gasteiger partial charge in [0.15, 0.2) is 5.69 Å². The standard InChI is InChI=1S/C16H15N5O/c1-11-9-12(7-8-17-11)10-18-16(22)15-14(19-21-20-15)13-5-3-2-4-6-13/h2-9H,10H2,1H3,(H,18,22)(H,19,20,21). The van der Waals surface area contributed by atoms with E-state index >= 15 is 0 Å². The Hall–Kier alpha value is -3.02. The number of rotatable bonds is 4. The molecule has 110 valence electrons. The summed E-state index contributed by atoms with van der Waals surface area (Å²) in [5.74, 6) is -0.262. The van der Waals surface area contributed by atoms with E-state index < -0.39 is 0 Å².